The number of rotatable bonds is 4. The Morgan fingerprint density at radius 1 is 1.29 bits per heavy atom. The molecule has 0 N–H and O–H groups in total. The second kappa shape index (κ2) is 6.59. The summed E-state index contributed by atoms with van der Waals surface area (Å²) in [5.74, 6) is 0.739. The number of carbonyl (C=O) groups is 1. The van der Waals surface area contributed by atoms with E-state index in [9.17, 15) is 4.79 Å². The predicted octanol–water partition coefficient (Wildman–Crippen LogP) is 2.08. The van der Waals surface area contributed by atoms with Gasteiger partial charge in [0.1, 0.15) is 0 Å². The van der Waals surface area contributed by atoms with Crippen molar-refractivity contribution in [3.8, 4) is 5.69 Å². The van der Waals surface area contributed by atoms with Crippen molar-refractivity contribution < 1.29 is 9.53 Å². The highest BCUT2D eigenvalue weighted by atomic mass is 16.5. The molecule has 1 aliphatic rings. The highest BCUT2D eigenvalue weighted by molar-refractivity contribution is 5.76. The van der Waals surface area contributed by atoms with Gasteiger partial charge in [0.25, 0.3) is 0 Å². The molecule has 7 nitrogen and oxygen atoms in total. The van der Waals surface area contributed by atoms with E-state index in [0.717, 1.165) is 31.6 Å². The van der Waals surface area contributed by atoms with Crippen LogP contribution in [0.1, 0.15) is 26.7 Å². The topological polar surface area (TPSA) is 73.1 Å². The normalized spacial score (nSPS) is 18.5. The summed E-state index contributed by atoms with van der Waals surface area (Å²) in [6, 6.07) is 9.82. The fraction of sp³-hybridized carbons (Fsp3) is 0.529. The zero-order valence-corrected chi connectivity index (χ0v) is 14.3. The van der Waals surface area contributed by atoms with Crippen LogP contribution in [-0.2, 0) is 9.53 Å². The summed E-state index contributed by atoms with van der Waals surface area (Å²) in [5.41, 5.74) is 0.394. The van der Waals surface area contributed by atoms with Crippen molar-refractivity contribution in [2.24, 2.45) is 11.3 Å². The molecule has 0 spiro atoms. The summed E-state index contributed by atoms with van der Waals surface area (Å²) in [5, 5.41) is 12.2. The first-order valence-electron chi connectivity index (χ1n) is 8.21. The molecule has 0 saturated carbocycles. The minimum atomic E-state index is -0.529. The van der Waals surface area contributed by atoms with Crippen molar-refractivity contribution in [2.45, 2.75) is 26.7 Å². The first-order chi connectivity index (χ1) is 11.5. The van der Waals surface area contributed by atoms with Crippen molar-refractivity contribution in [1.82, 2.24) is 20.2 Å². The minimum absolute atomic E-state index is 0.169. The van der Waals surface area contributed by atoms with E-state index in [1.165, 1.54) is 7.11 Å². The van der Waals surface area contributed by atoms with Crippen LogP contribution in [0.2, 0.25) is 0 Å². The Morgan fingerprint density at radius 2 is 2.04 bits per heavy atom. The largest absolute Gasteiger partial charge is 0.469 e. The molecule has 0 amide bonds. The zero-order chi connectivity index (χ0) is 17.2. The molecule has 1 atom stereocenters. The number of aromatic nitrogens is 4. The monoisotopic (exact) mass is 329 g/mol. The van der Waals surface area contributed by atoms with Crippen molar-refractivity contribution in [3.63, 3.8) is 0 Å². The van der Waals surface area contributed by atoms with Gasteiger partial charge in [-0.2, -0.15) is 4.68 Å². The summed E-state index contributed by atoms with van der Waals surface area (Å²) in [7, 11) is 1.45. The Morgan fingerprint density at radius 3 is 2.75 bits per heavy atom. The van der Waals surface area contributed by atoms with Crippen LogP contribution in [0.25, 0.3) is 5.69 Å². The van der Waals surface area contributed by atoms with Gasteiger partial charge in [-0.15, -0.1) is 0 Å². The number of nitrogens with zero attached hydrogens (tertiary/aromatic N) is 5. The van der Waals surface area contributed by atoms with Gasteiger partial charge in [0.05, 0.1) is 18.2 Å². The van der Waals surface area contributed by atoms with E-state index in [-0.39, 0.29) is 11.9 Å². The lowest BCUT2D eigenvalue weighted by molar-refractivity contribution is -0.154. The number of carbonyl (C=O) groups excluding carboxylic acids is 1. The van der Waals surface area contributed by atoms with E-state index in [1.807, 2.05) is 44.2 Å². The van der Waals surface area contributed by atoms with E-state index >= 15 is 0 Å². The molecule has 1 aliphatic heterocycles. The molecule has 2 aromatic rings. The number of ether oxygens (including phenoxy) is 1. The number of tetrazole rings is 1. The summed E-state index contributed by atoms with van der Waals surface area (Å²) < 4.78 is 6.73. The van der Waals surface area contributed by atoms with Crippen molar-refractivity contribution >= 4 is 11.9 Å². The highest BCUT2D eigenvalue weighted by Gasteiger charge is 2.40. The van der Waals surface area contributed by atoms with Gasteiger partial charge in [0.15, 0.2) is 0 Å². The number of para-hydroxylation sites is 1. The van der Waals surface area contributed by atoms with Crippen LogP contribution >= 0.6 is 0 Å². The molecule has 1 fully saturated rings. The van der Waals surface area contributed by atoms with E-state index in [4.69, 9.17) is 4.74 Å². The highest BCUT2D eigenvalue weighted by Crippen LogP contribution is 2.36. The van der Waals surface area contributed by atoms with E-state index in [0.29, 0.717) is 5.95 Å². The Bertz CT molecular complexity index is 698. The van der Waals surface area contributed by atoms with Gasteiger partial charge in [0.2, 0.25) is 5.95 Å². The second-order valence-electron chi connectivity index (χ2n) is 6.72. The molecule has 1 unspecified atom stereocenters. The van der Waals surface area contributed by atoms with Crippen molar-refractivity contribution in [2.75, 3.05) is 25.1 Å². The number of benzene rings is 1. The van der Waals surface area contributed by atoms with E-state index in [2.05, 4.69) is 20.4 Å². The molecular formula is C17H23N5O2. The third kappa shape index (κ3) is 2.98. The Labute approximate surface area is 141 Å². The average molecular weight is 329 g/mol. The fourth-order valence-electron chi connectivity index (χ4n) is 3.29. The van der Waals surface area contributed by atoms with Crippen LogP contribution in [0.5, 0.6) is 0 Å². The van der Waals surface area contributed by atoms with Crippen LogP contribution in [0.3, 0.4) is 0 Å². The number of hydrogen-bond donors (Lipinski definition) is 0. The van der Waals surface area contributed by atoms with Gasteiger partial charge in [-0.25, -0.2) is 0 Å². The molecule has 2 heterocycles. The maximum absolute atomic E-state index is 12.1. The predicted molar refractivity (Wildman–Crippen MR) is 89.9 cm³/mol. The van der Waals surface area contributed by atoms with Crippen LogP contribution in [0.15, 0.2) is 30.3 Å². The smallest absolute Gasteiger partial charge is 0.311 e. The van der Waals surface area contributed by atoms with Gasteiger partial charge in [-0.1, -0.05) is 23.3 Å². The molecular weight excluding hydrogens is 306 g/mol. The Hall–Kier alpha value is -2.44. The molecule has 0 aliphatic carbocycles. The molecule has 7 heteroatoms. The molecule has 3 rings (SSSR count). The lowest BCUT2D eigenvalue weighted by atomic mass is 9.74. The molecule has 1 aromatic carbocycles. The van der Waals surface area contributed by atoms with Gasteiger partial charge in [-0.3, -0.25) is 4.79 Å². The van der Waals surface area contributed by atoms with E-state index < -0.39 is 5.41 Å². The minimum Gasteiger partial charge on any atom is -0.469 e. The Kier molecular flexibility index (Phi) is 4.51. The fourth-order valence-corrected chi connectivity index (χ4v) is 3.29. The number of piperidine rings is 1. The summed E-state index contributed by atoms with van der Waals surface area (Å²) in [6.45, 7) is 5.51. The maximum Gasteiger partial charge on any atom is 0.311 e. The second-order valence-corrected chi connectivity index (χ2v) is 6.72. The number of anilines is 1. The van der Waals surface area contributed by atoms with Crippen molar-refractivity contribution in [3.05, 3.63) is 30.3 Å². The van der Waals surface area contributed by atoms with Crippen LogP contribution < -0.4 is 4.90 Å². The number of hydrogen-bond acceptors (Lipinski definition) is 6. The summed E-state index contributed by atoms with van der Waals surface area (Å²) >= 11 is 0. The van der Waals surface area contributed by atoms with Crippen LogP contribution in [0.4, 0.5) is 5.95 Å². The van der Waals surface area contributed by atoms with Gasteiger partial charge in [0, 0.05) is 13.1 Å². The zero-order valence-electron chi connectivity index (χ0n) is 14.3. The lowest BCUT2D eigenvalue weighted by Gasteiger charge is -2.39. The lowest BCUT2D eigenvalue weighted by Crippen LogP contribution is -2.46. The van der Waals surface area contributed by atoms with Gasteiger partial charge < -0.3 is 9.64 Å². The SMILES string of the molecule is COC(=O)C(C)(C)C1CCCN(c2nnnn2-c2ccccc2)C1. The summed E-state index contributed by atoms with van der Waals surface area (Å²) in [4.78, 5) is 14.3. The first-order valence-corrected chi connectivity index (χ1v) is 8.21. The molecule has 1 saturated heterocycles. The number of esters is 1. The molecule has 0 bridgehead atoms. The average Bonchev–Trinajstić information content (AvgIpc) is 3.11. The van der Waals surface area contributed by atoms with Gasteiger partial charge in [-0.05, 0) is 55.2 Å². The molecule has 1 aromatic heterocycles. The molecule has 128 valence electrons. The van der Waals surface area contributed by atoms with Gasteiger partial charge >= 0.3 is 5.97 Å². The van der Waals surface area contributed by atoms with Crippen LogP contribution in [-0.4, -0.2) is 46.4 Å². The number of methoxy groups -OCH3 is 1. The molecule has 0 radical (unpaired) electrons. The van der Waals surface area contributed by atoms with Crippen molar-refractivity contribution in [1.29, 1.82) is 0 Å². The first kappa shape index (κ1) is 16.4. The van der Waals surface area contributed by atoms with E-state index in [1.54, 1.807) is 4.68 Å². The quantitative estimate of drug-likeness (QED) is 0.800. The third-order valence-electron chi connectivity index (χ3n) is 4.89. The Balaban J connectivity index is 1.84. The summed E-state index contributed by atoms with van der Waals surface area (Å²) in [6.07, 6.45) is 1.98. The van der Waals surface area contributed by atoms with Crippen LogP contribution in [0, 0.1) is 11.3 Å². The third-order valence-corrected chi connectivity index (χ3v) is 4.89. The maximum atomic E-state index is 12.1. The molecule has 24 heavy (non-hydrogen) atoms. The standard InChI is InChI=1S/C17H23N5O2/c1-17(2,15(23)24-3)13-8-7-11-21(12-13)16-18-19-20-22(16)14-9-5-4-6-10-14/h4-6,9-10,13H,7-8,11-12H2,1-3H3.